The van der Waals surface area contributed by atoms with Crippen molar-refractivity contribution in [2.45, 2.75) is 13.3 Å². The molecule has 0 aromatic rings. The van der Waals surface area contributed by atoms with Crippen LogP contribution in [0.1, 0.15) is 6.92 Å². The van der Waals surface area contributed by atoms with Gasteiger partial charge in [0.05, 0.1) is 0 Å². The maximum atomic E-state index is 8.22. The number of nitrogens with two attached hydrogens (primary N) is 1. The fraction of sp³-hybridized carbons (Fsp3) is 1.00. The Balaban J connectivity index is 2.63. The molecule has 0 aromatic carbocycles. The standard InChI is InChI=1S/C3H10N2O/c1-2-5-3(4)6/h3,5-6H,2,4H2,1H3. The highest BCUT2D eigenvalue weighted by Crippen LogP contribution is 1.53. The van der Waals surface area contributed by atoms with Gasteiger partial charge in [-0.05, 0) is 6.54 Å². The summed E-state index contributed by atoms with van der Waals surface area (Å²) in [6.45, 7) is 2.58. The molecule has 0 aliphatic heterocycles. The van der Waals surface area contributed by atoms with Crippen LogP contribution in [0.25, 0.3) is 0 Å². The smallest absolute Gasteiger partial charge is 0.157 e. The number of hydrogen-bond donors (Lipinski definition) is 3. The average molecular weight is 90.1 g/mol. The van der Waals surface area contributed by atoms with E-state index in [0.717, 1.165) is 0 Å². The van der Waals surface area contributed by atoms with Crippen molar-refractivity contribution < 1.29 is 5.11 Å². The summed E-state index contributed by atoms with van der Waals surface area (Å²) in [4.78, 5) is 0. The van der Waals surface area contributed by atoms with E-state index < -0.39 is 6.35 Å². The van der Waals surface area contributed by atoms with E-state index in [1.807, 2.05) is 6.92 Å². The lowest BCUT2D eigenvalue weighted by atomic mass is 10.7. The van der Waals surface area contributed by atoms with Gasteiger partial charge in [0.1, 0.15) is 0 Å². The first-order chi connectivity index (χ1) is 2.77. The van der Waals surface area contributed by atoms with Gasteiger partial charge in [-0.3, -0.25) is 11.1 Å². The number of nitrogens with one attached hydrogen (secondary N) is 1. The second-order valence-electron chi connectivity index (χ2n) is 1.00. The fourth-order valence-electron chi connectivity index (χ4n) is 0.209. The maximum Gasteiger partial charge on any atom is 0.157 e. The van der Waals surface area contributed by atoms with Gasteiger partial charge in [0.25, 0.3) is 0 Å². The minimum Gasteiger partial charge on any atom is -0.366 e. The molecule has 0 radical (unpaired) electrons. The normalized spacial score (nSPS) is 14.5. The van der Waals surface area contributed by atoms with Crippen molar-refractivity contribution in [3.05, 3.63) is 0 Å². The summed E-state index contributed by atoms with van der Waals surface area (Å²) in [6.07, 6.45) is -0.852. The van der Waals surface area contributed by atoms with Crippen LogP contribution in [0.15, 0.2) is 0 Å². The molecule has 1 unspecified atom stereocenters. The highest BCUT2D eigenvalue weighted by atomic mass is 16.3. The van der Waals surface area contributed by atoms with Crippen molar-refractivity contribution in [2.24, 2.45) is 5.73 Å². The van der Waals surface area contributed by atoms with E-state index >= 15 is 0 Å². The van der Waals surface area contributed by atoms with Crippen LogP contribution < -0.4 is 11.1 Å². The molecule has 0 heterocycles. The summed E-state index contributed by atoms with van der Waals surface area (Å²) in [6, 6.07) is 0. The van der Waals surface area contributed by atoms with Crippen molar-refractivity contribution in [3.8, 4) is 0 Å². The molecule has 0 fully saturated rings. The van der Waals surface area contributed by atoms with E-state index in [0.29, 0.717) is 6.54 Å². The zero-order chi connectivity index (χ0) is 4.99. The molecule has 3 nitrogen and oxygen atoms in total. The Labute approximate surface area is 37.2 Å². The van der Waals surface area contributed by atoms with E-state index in [9.17, 15) is 0 Å². The van der Waals surface area contributed by atoms with Gasteiger partial charge in [0.2, 0.25) is 0 Å². The number of hydrogen-bond acceptors (Lipinski definition) is 3. The first-order valence-electron chi connectivity index (χ1n) is 1.94. The van der Waals surface area contributed by atoms with Crippen LogP contribution in [0.5, 0.6) is 0 Å². The second-order valence-corrected chi connectivity index (χ2v) is 1.00. The van der Waals surface area contributed by atoms with Crippen LogP contribution in [0.3, 0.4) is 0 Å². The fourth-order valence-corrected chi connectivity index (χ4v) is 0.209. The first kappa shape index (κ1) is 5.88. The van der Waals surface area contributed by atoms with Crippen molar-refractivity contribution in [2.75, 3.05) is 6.54 Å². The molecule has 0 aliphatic carbocycles. The topological polar surface area (TPSA) is 58.3 Å². The van der Waals surface area contributed by atoms with E-state index in [-0.39, 0.29) is 0 Å². The Hall–Kier alpha value is -0.120. The Morgan fingerprint density at radius 3 is 2.50 bits per heavy atom. The van der Waals surface area contributed by atoms with Gasteiger partial charge >= 0.3 is 0 Å². The van der Waals surface area contributed by atoms with Crippen LogP contribution in [-0.4, -0.2) is 18.0 Å². The summed E-state index contributed by atoms with van der Waals surface area (Å²) in [7, 11) is 0. The summed E-state index contributed by atoms with van der Waals surface area (Å²) in [5.74, 6) is 0. The molecule has 0 bridgehead atoms. The number of aliphatic hydroxyl groups is 1. The molecule has 0 amide bonds. The molecule has 0 rings (SSSR count). The predicted octanol–water partition coefficient (Wildman–Crippen LogP) is -1.17. The number of aliphatic hydroxyl groups excluding tert-OH is 1. The lowest BCUT2D eigenvalue weighted by Gasteiger charge is -2.00. The Kier molecular flexibility index (Phi) is 3.02. The van der Waals surface area contributed by atoms with E-state index in [1.54, 1.807) is 0 Å². The van der Waals surface area contributed by atoms with Crippen molar-refractivity contribution >= 4 is 0 Å². The third kappa shape index (κ3) is 3.88. The van der Waals surface area contributed by atoms with Gasteiger partial charge in [0, 0.05) is 0 Å². The molecule has 38 valence electrons. The zero-order valence-electron chi connectivity index (χ0n) is 3.81. The quantitative estimate of drug-likeness (QED) is 0.374. The first-order valence-corrected chi connectivity index (χ1v) is 1.94. The SMILES string of the molecule is CCNC(N)O. The van der Waals surface area contributed by atoms with Crippen molar-refractivity contribution in [1.82, 2.24) is 5.32 Å². The van der Waals surface area contributed by atoms with Gasteiger partial charge < -0.3 is 5.11 Å². The third-order valence-electron chi connectivity index (χ3n) is 0.413. The monoisotopic (exact) mass is 90.1 g/mol. The van der Waals surface area contributed by atoms with E-state index in [2.05, 4.69) is 5.32 Å². The van der Waals surface area contributed by atoms with Crippen molar-refractivity contribution in [3.63, 3.8) is 0 Å². The lowest BCUT2D eigenvalue weighted by Crippen LogP contribution is -2.36. The minimum atomic E-state index is -0.852. The molecule has 0 aliphatic rings. The highest BCUT2D eigenvalue weighted by molar-refractivity contribution is 4.34. The lowest BCUT2D eigenvalue weighted by molar-refractivity contribution is 0.147. The van der Waals surface area contributed by atoms with Crippen LogP contribution in [0.2, 0.25) is 0 Å². The van der Waals surface area contributed by atoms with E-state index in [1.165, 1.54) is 0 Å². The summed E-state index contributed by atoms with van der Waals surface area (Å²) in [5, 5.41) is 10.8. The molecule has 4 N–H and O–H groups in total. The molecule has 1 atom stereocenters. The van der Waals surface area contributed by atoms with Gasteiger partial charge in [-0.2, -0.15) is 0 Å². The predicted molar refractivity (Wildman–Crippen MR) is 23.9 cm³/mol. The Morgan fingerprint density at radius 1 is 2.00 bits per heavy atom. The van der Waals surface area contributed by atoms with E-state index in [4.69, 9.17) is 10.8 Å². The third-order valence-corrected chi connectivity index (χ3v) is 0.413. The second kappa shape index (κ2) is 3.08. The molecule has 3 heteroatoms. The zero-order valence-corrected chi connectivity index (χ0v) is 3.81. The summed E-state index contributed by atoms with van der Waals surface area (Å²) < 4.78 is 0. The molecule has 0 saturated heterocycles. The van der Waals surface area contributed by atoms with Crippen LogP contribution in [0, 0.1) is 0 Å². The van der Waals surface area contributed by atoms with Gasteiger partial charge in [0.15, 0.2) is 6.35 Å². The molecule has 0 aromatic heterocycles. The summed E-state index contributed by atoms with van der Waals surface area (Å²) >= 11 is 0. The van der Waals surface area contributed by atoms with Gasteiger partial charge in [-0.1, -0.05) is 6.92 Å². The largest absolute Gasteiger partial charge is 0.366 e. The molecule has 0 saturated carbocycles. The van der Waals surface area contributed by atoms with Gasteiger partial charge in [-0.15, -0.1) is 0 Å². The minimum absolute atomic E-state index is 0.706. The molecular formula is C3H10N2O. The van der Waals surface area contributed by atoms with Crippen LogP contribution in [0.4, 0.5) is 0 Å². The van der Waals surface area contributed by atoms with Crippen LogP contribution in [-0.2, 0) is 0 Å². The average Bonchev–Trinajstić information content (AvgIpc) is 1.35. The molecule has 0 spiro atoms. The maximum absolute atomic E-state index is 8.22. The molecular weight excluding hydrogens is 80.0 g/mol. The number of rotatable bonds is 2. The van der Waals surface area contributed by atoms with Crippen LogP contribution >= 0.6 is 0 Å². The van der Waals surface area contributed by atoms with Gasteiger partial charge in [-0.25, -0.2) is 0 Å². The Bertz CT molecular complexity index is 30.0. The Morgan fingerprint density at radius 2 is 2.50 bits per heavy atom. The molecule has 6 heavy (non-hydrogen) atoms. The highest BCUT2D eigenvalue weighted by Gasteiger charge is 1.83. The summed E-state index contributed by atoms with van der Waals surface area (Å²) in [5.41, 5.74) is 4.85. The van der Waals surface area contributed by atoms with Crippen molar-refractivity contribution in [1.29, 1.82) is 0 Å².